The first kappa shape index (κ1) is 15.4. The van der Waals surface area contributed by atoms with Crippen LogP contribution < -0.4 is 10.2 Å². The van der Waals surface area contributed by atoms with Crippen LogP contribution >= 0.6 is 11.6 Å². The van der Waals surface area contributed by atoms with Crippen molar-refractivity contribution >= 4 is 17.4 Å². The van der Waals surface area contributed by atoms with E-state index in [1.807, 2.05) is 4.90 Å². The van der Waals surface area contributed by atoms with Crippen LogP contribution in [0, 0.1) is 5.92 Å². The first-order valence-electron chi connectivity index (χ1n) is 6.50. The molecular weight excluding hydrogens is 291 g/mol. The van der Waals surface area contributed by atoms with Crippen LogP contribution in [0.2, 0.25) is 5.02 Å². The molecule has 0 aliphatic carbocycles. The van der Waals surface area contributed by atoms with Crippen molar-refractivity contribution in [1.82, 2.24) is 10.3 Å². The Morgan fingerprint density at radius 3 is 2.70 bits per heavy atom. The van der Waals surface area contributed by atoms with Crippen molar-refractivity contribution in [2.45, 2.75) is 26.1 Å². The van der Waals surface area contributed by atoms with Crippen LogP contribution in [0.4, 0.5) is 19.0 Å². The molecule has 0 bridgehead atoms. The predicted octanol–water partition coefficient (Wildman–Crippen LogP) is 3.19. The van der Waals surface area contributed by atoms with E-state index in [0.717, 1.165) is 18.8 Å². The van der Waals surface area contributed by atoms with E-state index in [1.54, 1.807) is 0 Å². The second-order valence-corrected chi connectivity index (χ2v) is 5.69. The number of rotatable bonds is 2. The van der Waals surface area contributed by atoms with E-state index in [-0.39, 0.29) is 11.1 Å². The molecule has 1 saturated heterocycles. The quantitative estimate of drug-likeness (QED) is 0.909. The lowest BCUT2D eigenvalue weighted by molar-refractivity contribution is -0.137. The van der Waals surface area contributed by atoms with Crippen molar-refractivity contribution in [2.24, 2.45) is 5.92 Å². The second kappa shape index (κ2) is 5.77. The van der Waals surface area contributed by atoms with Gasteiger partial charge in [-0.3, -0.25) is 0 Å². The Morgan fingerprint density at radius 2 is 2.15 bits per heavy atom. The molecule has 2 rings (SSSR count). The third kappa shape index (κ3) is 3.35. The van der Waals surface area contributed by atoms with Gasteiger partial charge in [-0.15, -0.1) is 0 Å². The van der Waals surface area contributed by atoms with Crippen LogP contribution in [0.25, 0.3) is 0 Å². The molecule has 3 nitrogen and oxygen atoms in total. The highest BCUT2D eigenvalue weighted by atomic mass is 35.5. The number of alkyl halides is 3. The fraction of sp³-hybridized carbons (Fsp3) is 0.615. The van der Waals surface area contributed by atoms with Gasteiger partial charge in [0.15, 0.2) is 0 Å². The lowest BCUT2D eigenvalue weighted by atomic mass is 10.0. The number of halogens is 4. The standard InChI is InChI=1S/C13H17ClF3N3/c1-8(2)11-7-20(4-3-18-11)12-10(14)5-9(6-19-12)13(15,16)17/h5-6,8,11,18H,3-4,7H2,1-2H3/t11-/m0/s1. The summed E-state index contributed by atoms with van der Waals surface area (Å²) in [4.78, 5) is 5.84. The minimum atomic E-state index is -4.42. The van der Waals surface area contributed by atoms with Crippen LogP contribution in [0.1, 0.15) is 19.4 Å². The maximum Gasteiger partial charge on any atom is 0.417 e. The molecule has 0 spiro atoms. The average Bonchev–Trinajstić information content (AvgIpc) is 2.37. The SMILES string of the molecule is CC(C)[C@@H]1CN(c2ncc(C(F)(F)F)cc2Cl)CCN1. The highest BCUT2D eigenvalue weighted by Gasteiger charge is 2.32. The number of nitrogens with one attached hydrogen (secondary N) is 1. The topological polar surface area (TPSA) is 28.2 Å². The lowest BCUT2D eigenvalue weighted by Gasteiger charge is -2.36. The highest BCUT2D eigenvalue weighted by Crippen LogP contribution is 2.33. The molecular formula is C13H17ClF3N3. The number of piperazine rings is 1. The number of pyridine rings is 1. The Hall–Kier alpha value is -1.01. The fourth-order valence-corrected chi connectivity index (χ4v) is 2.52. The van der Waals surface area contributed by atoms with Crippen molar-refractivity contribution in [3.05, 3.63) is 22.8 Å². The van der Waals surface area contributed by atoms with Gasteiger partial charge in [-0.25, -0.2) is 4.98 Å². The zero-order valence-corrected chi connectivity index (χ0v) is 12.1. The van der Waals surface area contributed by atoms with E-state index in [0.29, 0.717) is 24.8 Å². The van der Waals surface area contributed by atoms with Gasteiger partial charge >= 0.3 is 6.18 Å². The van der Waals surface area contributed by atoms with Gasteiger partial charge in [0, 0.05) is 31.9 Å². The maximum atomic E-state index is 12.6. The third-order valence-electron chi connectivity index (χ3n) is 3.46. The number of aromatic nitrogens is 1. The summed E-state index contributed by atoms with van der Waals surface area (Å²) in [6, 6.07) is 1.22. The van der Waals surface area contributed by atoms with Crippen molar-refractivity contribution in [1.29, 1.82) is 0 Å². The summed E-state index contributed by atoms with van der Waals surface area (Å²) in [6.07, 6.45) is -3.58. The van der Waals surface area contributed by atoms with Crippen molar-refractivity contribution in [3.63, 3.8) is 0 Å². The number of hydrogen-bond acceptors (Lipinski definition) is 3. The second-order valence-electron chi connectivity index (χ2n) is 5.28. The minimum Gasteiger partial charge on any atom is -0.353 e. The Kier molecular flexibility index (Phi) is 4.44. The van der Waals surface area contributed by atoms with Gasteiger partial charge in [0.1, 0.15) is 5.82 Å². The summed E-state index contributed by atoms with van der Waals surface area (Å²) in [5, 5.41) is 3.43. The molecule has 0 amide bonds. The summed E-state index contributed by atoms with van der Waals surface area (Å²) in [7, 11) is 0. The van der Waals surface area contributed by atoms with E-state index in [1.165, 1.54) is 0 Å². The zero-order chi connectivity index (χ0) is 14.9. The van der Waals surface area contributed by atoms with E-state index in [2.05, 4.69) is 24.1 Å². The molecule has 1 aromatic rings. The Bertz CT molecular complexity index is 476. The van der Waals surface area contributed by atoms with Gasteiger partial charge in [0.05, 0.1) is 10.6 Å². The molecule has 112 valence electrons. The fourth-order valence-electron chi connectivity index (χ4n) is 2.24. The van der Waals surface area contributed by atoms with Gasteiger partial charge in [0.25, 0.3) is 0 Å². The van der Waals surface area contributed by atoms with Gasteiger partial charge in [-0.2, -0.15) is 13.2 Å². The monoisotopic (exact) mass is 307 g/mol. The smallest absolute Gasteiger partial charge is 0.353 e. The van der Waals surface area contributed by atoms with Crippen LogP contribution in [0.3, 0.4) is 0 Å². The molecule has 1 atom stereocenters. The van der Waals surface area contributed by atoms with E-state index < -0.39 is 11.7 Å². The average molecular weight is 308 g/mol. The normalized spacial score (nSPS) is 20.6. The molecule has 0 aromatic carbocycles. The number of anilines is 1. The van der Waals surface area contributed by atoms with Crippen molar-refractivity contribution in [2.75, 3.05) is 24.5 Å². The summed E-state index contributed by atoms with van der Waals surface area (Å²) < 4.78 is 37.8. The molecule has 2 heterocycles. The Balaban J connectivity index is 2.21. The molecule has 20 heavy (non-hydrogen) atoms. The number of hydrogen-bond donors (Lipinski definition) is 1. The molecule has 7 heteroatoms. The summed E-state index contributed by atoms with van der Waals surface area (Å²) in [5.41, 5.74) is -0.818. The number of nitrogens with zero attached hydrogens (tertiary/aromatic N) is 2. The molecule has 0 saturated carbocycles. The molecule has 1 aliphatic rings. The van der Waals surface area contributed by atoms with Crippen molar-refractivity contribution in [3.8, 4) is 0 Å². The Morgan fingerprint density at radius 1 is 1.45 bits per heavy atom. The van der Waals surface area contributed by atoms with Gasteiger partial charge in [-0.05, 0) is 12.0 Å². The largest absolute Gasteiger partial charge is 0.417 e. The van der Waals surface area contributed by atoms with Crippen molar-refractivity contribution < 1.29 is 13.2 Å². The third-order valence-corrected chi connectivity index (χ3v) is 3.74. The maximum absolute atomic E-state index is 12.6. The first-order valence-corrected chi connectivity index (χ1v) is 6.88. The van der Waals surface area contributed by atoms with Gasteiger partial charge < -0.3 is 10.2 Å². The molecule has 0 unspecified atom stereocenters. The van der Waals surface area contributed by atoms with Crippen LogP contribution in [0.15, 0.2) is 12.3 Å². The summed E-state index contributed by atoms with van der Waals surface area (Å²) in [5.74, 6) is 0.859. The zero-order valence-electron chi connectivity index (χ0n) is 11.3. The summed E-state index contributed by atoms with van der Waals surface area (Å²) in [6.45, 7) is 6.34. The van der Waals surface area contributed by atoms with Crippen LogP contribution in [-0.4, -0.2) is 30.7 Å². The van der Waals surface area contributed by atoms with Gasteiger partial charge in [0.2, 0.25) is 0 Å². The van der Waals surface area contributed by atoms with Gasteiger partial charge in [-0.1, -0.05) is 25.4 Å². The Labute approximate surface area is 121 Å². The predicted molar refractivity (Wildman–Crippen MR) is 73.1 cm³/mol. The summed E-state index contributed by atoms with van der Waals surface area (Å²) >= 11 is 5.97. The molecule has 1 fully saturated rings. The molecule has 1 aromatic heterocycles. The lowest BCUT2D eigenvalue weighted by Crippen LogP contribution is -2.53. The highest BCUT2D eigenvalue weighted by molar-refractivity contribution is 6.33. The minimum absolute atomic E-state index is 0.0456. The molecule has 1 N–H and O–H groups in total. The molecule has 0 radical (unpaired) electrons. The van der Waals surface area contributed by atoms with E-state index >= 15 is 0 Å². The van der Waals surface area contributed by atoms with E-state index in [4.69, 9.17) is 11.6 Å². The van der Waals surface area contributed by atoms with Crippen LogP contribution in [-0.2, 0) is 6.18 Å². The molecule has 1 aliphatic heterocycles. The van der Waals surface area contributed by atoms with Crippen LogP contribution in [0.5, 0.6) is 0 Å². The first-order chi connectivity index (χ1) is 9.29. The van der Waals surface area contributed by atoms with E-state index in [9.17, 15) is 13.2 Å².